The Morgan fingerprint density at radius 1 is 1.33 bits per heavy atom. The smallest absolute Gasteiger partial charge is 0.233 e. The number of allylic oxidation sites excluding steroid dienone is 2. The van der Waals surface area contributed by atoms with Gasteiger partial charge in [-0.3, -0.25) is 0 Å². The Kier molecular flexibility index (Phi) is 2.09. The zero-order valence-electron chi connectivity index (χ0n) is 6.34. The van der Waals surface area contributed by atoms with E-state index in [1.807, 2.05) is 0 Å². The van der Waals surface area contributed by atoms with Gasteiger partial charge in [-0.1, -0.05) is 18.2 Å². The van der Waals surface area contributed by atoms with E-state index < -0.39 is 20.9 Å². The van der Waals surface area contributed by atoms with Crippen molar-refractivity contribution in [3.8, 4) is 0 Å². The van der Waals surface area contributed by atoms with Crippen LogP contribution >= 0.6 is 0 Å². The number of rotatable bonds is 1. The quantitative estimate of drug-likeness (QED) is 0.460. The number of hydrogen-bond donors (Lipinski definition) is 3. The molecule has 0 radical (unpaired) electrons. The van der Waals surface area contributed by atoms with Gasteiger partial charge < -0.3 is 11.5 Å². The highest BCUT2D eigenvalue weighted by Gasteiger charge is 2.40. The van der Waals surface area contributed by atoms with E-state index in [-0.39, 0.29) is 0 Å². The number of hydrogen-bond acceptors (Lipinski definition) is 4. The van der Waals surface area contributed by atoms with Crippen LogP contribution in [-0.2, 0) is 10.0 Å². The Bertz CT molecular complexity index is 333. The maximum Gasteiger partial charge on any atom is 0.233 e. The molecule has 2 unspecified atom stereocenters. The lowest BCUT2D eigenvalue weighted by Crippen LogP contribution is -2.61. The summed E-state index contributed by atoms with van der Waals surface area (Å²) in [6.07, 6.45) is 5.91. The highest BCUT2D eigenvalue weighted by Crippen LogP contribution is 2.17. The number of sulfonamides is 1. The van der Waals surface area contributed by atoms with E-state index in [0.29, 0.717) is 0 Å². The fourth-order valence-electron chi connectivity index (χ4n) is 0.936. The van der Waals surface area contributed by atoms with Gasteiger partial charge in [-0.05, 0) is 6.08 Å². The molecule has 5 nitrogen and oxygen atoms in total. The van der Waals surface area contributed by atoms with Crippen LogP contribution in [0.3, 0.4) is 0 Å². The highest BCUT2D eigenvalue weighted by molar-refractivity contribution is 7.90. The summed E-state index contributed by atoms with van der Waals surface area (Å²) < 4.78 is 22.0. The molecule has 6 N–H and O–H groups in total. The van der Waals surface area contributed by atoms with Crippen molar-refractivity contribution in [2.24, 2.45) is 16.6 Å². The first-order chi connectivity index (χ1) is 5.38. The normalized spacial score (nSPS) is 35.4. The molecule has 0 aromatic carbocycles. The minimum Gasteiger partial charge on any atom is -0.322 e. The van der Waals surface area contributed by atoms with Crippen LogP contribution in [0.25, 0.3) is 0 Å². The Balaban J connectivity index is 3.16. The predicted octanol–water partition coefficient (Wildman–Crippen LogP) is -1.62. The van der Waals surface area contributed by atoms with Gasteiger partial charge in [0.2, 0.25) is 10.0 Å². The molecule has 6 heteroatoms. The summed E-state index contributed by atoms with van der Waals surface area (Å²) in [5.41, 5.74) is 11.0. The van der Waals surface area contributed by atoms with Gasteiger partial charge in [0, 0.05) is 0 Å². The first-order valence-corrected chi connectivity index (χ1v) is 4.85. The molecule has 1 aliphatic carbocycles. The predicted molar refractivity (Wildman–Crippen MR) is 46.3 cm³/mol. The molecule has 0 bridgehead atoms. The minimum absolute atomic E-state index is 0.794. The lowest BCUT2D eigenvalue weighted by atomic mass is 10.0. The first-order valence-electron chi connectivity index (χ1n) is 3.31. The third kappa shape index (κ3) is 1.29. The fraction of sp³-hybridized carbons (Fsp3) is 0.333. The number of primary sulfonamides is 1. The second-order valence-corrected chi connectivity index (χ2v) is 4.47. The van der Waals surface area contributed by atoms with Crippen molar-refractivity contribution in [1.29, 1.82) is 0 Å². The van der Waals surface area contributed by atoms with Crippen molar-refractivity contribution in [3.05, 3.63) is 24.3 Å². The Morgan fingerprint density at radius 3 is 2.25 bits per heavy atom. The number of nitrogens with two attached hydrogens (primary N) is 3. The van der Waals surface area contributed by atoms with E-state index in [1.54, 1.807) is 6.08 Å². The second-order valence-electron chi connectivity index (χ2n) is 2.67. The van der Waals surface area contributed by atoms with E-state index >= 15 is 0 Å². The van der Waals surface area contributed by atoms with E-state index in [2.05, 4.69) is 0 Å². The SMILES string of the molecule is NC1C=CC=CC1(N)S(N)(=O)=O. The highest BCUT2D eigenvalue weighted by atomic mass is 32.2. The van der Waals surface area contributed by atoms with Crippen molar-refractivity contribution in [2.75, 3.05) is 0 Å². The Hall–Kier alpha value is -0.690. The van der Waals surface area contributed by atoms with Crippen molar-refractivity contribution < 1.29 is 8.42 Å². The first kappa shape index (κ1) is 9.40. The van der Waals surface area contributed by atoms with Crippen molar-refractivity contribution in [1.82, 2.24) is 0 Å². The molecule has 0 heterocycles. The fourth-order valence-corrected chi connectivity index (χ4v) is 1.66. The largest absolute Gasteiger partial charge is 0.322 e. The van der Waals surface area contributed by atoms with Gasteiger partial charge in [0.1, 0.15) is 0 Å². The lowest BCUT2D eigenvalue weighted by molar-refractivity contribution is 0.533. The van der Waals surface area contributed by atoms with E-state index in [4.69, 9.17) is 16.6 Å². The van der Waals surface area contributed by atoms with Crippen LogP contribution in [0.2, 0.25) is 0 Å². The molecule has 1 aliphatic rings. The molecule has 0 amide bonds. The summed E-state index contributed by atoms with van der Waals surface area (Å²) in [5, 5.41) is 4.92. The lowest BCUT2D eigenvalue weighted by Gasteiger charge is -2.29. The molecule has 0 aromatic rings. The van der Waals surface area contributed by atoms with E-state index in [1.165, 1.54) is 18.2 Å². The van der Waals surface area contributed by atoms with Gasteiger partial charge in [0.05, 0.1) is 6.04 Å². The summed E-state index contributed by atoms with van der Waals surface area (Å²) in [6, 6.07) is -0.794. The Morgan fingerprint density at radius 2 is 1.92 bits per heavy atom. The van der Waals surface area contributed by atoms with Gasteiger partial charge in [0.15, 0.2) is 4.87 Å². The van der Waals surface area contributed by atoms with Crippen LogP contribution in [0.5, 0.6) is 0 Å². The van der Waals surface area contributed by atoms with Gasteiger partial charge in [-0.2, -0.15) is 0 Å². The maximum atomic E-state index is 11.0. The van der Waals surface area contributed by atoms with E-state index in [9.17, 15) is 8.42 Å². The summed E-state index contributed by atoms with van der Waals surface area (Å²) in [5.74, 6) is 0. The zero-order valence-corrected chi connectivity index (χ0v) is 7.16. The average Bonchev–Trinajstić information content (AvgIpc) is 1.93. The van der Waals surface area contributed by atoms with Crippen LogP contribution in [-0.4, -0.2) is 19.3 Å². The van der Waals surface area contributed by atoms with Crippen molar-refractivity contribution >= 4 is 10.0 Å². The zero-order chi connectivity index (χ0) is 9.41. The van der Waals surface area contributed by atoms with Crippen LogP contribution in [0, 0.1) is 0 Å². The molecule has 0 spiro atoms. The molecule has 2 atom stereocenters. The molecule has 0 fully saturated rings. The molecule has 0 saturated heterocycles. The second kappa shape index (κ2) is 2.67. The standard InChI is InChI=1S/C6H11N3O2S/c7-5-3-1-2-4-6(5,8)12(9,10)11/h1-5H,7-8H2,(H2,9,10,11). The molecule has 0 aliphatic heterocycles. The van der Waals surface area contributed by atoms with Gasteiger partial charge in [-0.25, -0.2) is 13.6 Å². The van der Waals surface area contributed by atoms with Crippen molar-refractivity contribution in [3.63, 3.8) is 0 Å². The van der Waals surface area contributed by atoms with Crippen LogP contribution in [0.4, 0.5) is 0 Å². The topological polar surface area (TPSA) is 112 Å². The maximum absolute atomic E-state index is 11.0. The molecule has 68 valence electrons. The van der Waals surface area contributed by atoms with Gasteiger partial charge in [0.25, 0.3) is 0 Å². The third-order valence-corrected chi connectivity index (χ3v) is 3.19. The third-order valence-electron chi connectivity index (χ3n) is 1.80. The van der Waals surface area contributed by atoms with Crippen LogP contribution < -0.4 is 16.6 Å². The monoisotopic (exact) mass is 189 g/mol. The summed E-state index contributed by atoms with van der Waals surface area (Å²) >= 11 is 0. The minimum atomic E-state index is -3.86. The van der Waals surface area contributed by atoms with Crippen LogP contribution in [0.1, 0.15) is 0 Å². The molecular weight excluding hydrogens is 178 g/mol. The van der Waals surface area contributed by atoms with E-state index in [0.717, 1.165) is 0 Å². The Labute approximate surface area is 71.0 Å². The van der Waals surface area contributed by atoms with Crippen molar-refractivity contribution in [2.45, 2.75) is 10.9 Å². The van der Waals surface area contributed by atoms with Gasteiger partial charge in [-0.15, -0.1) is 0 Å². The summed E-state index contributed by atoms with van der Waals surface area (Å²) in [4.78, 5) is -1.66. The molecular formula is C6H11N3O2S. The van der Waals surface area contributed by atoms with Crippen LogP contribution in [0.15, 0.2) is 24.3 Å². The average molecular weight is 189 g/mol. The molecule has 1 rings (SSSR count). The van der Waals surface area contributed by atoms with Gasteiger partial charge >= 0.3 is 0 Å². The molecule has 0 saturated carbocycles. The summed E-state index contributed by atoms with van der Waals surface area (Å²) in [7, 11) is -3.86. The molecule has 0 aromatic heterocycles. The summed E-state index contributed by atoms with van der Waals surface area (Å²) in [6.45, 7) is 0. The molecule has 12 heavy (non-hydrogen) atoms.